The highest BCUT2D eigenvalue weighted by Gasteiger charge is 2.23. The van der Waals surface area contributed by atoms with Crippen molar-refractivity contribution in [2.75, 3.05) is 6.61 Å². The molecule has 1 heterocycles. The second-order valence-corrected chi connectivity index (χ2v) is 10.4. The van der Waals surface area contributed by atoms with Crippen LogP contribution in [0.15, 0.2) is 36.4 Å². The van der Waals surface area contributed by atoms with E-state index in [9.17, 15) is 9.90 Å². The molecule has 0 fully saturated rings. The van der Waals surface area contributed by atoms with E-state index in [0.29, 0.717) is 25.1 Å². The number of fused-ring (bicyclic) bond motifs is 1. The molecular weight excluding hydrogens is 438 g/mol. The predicted molar refractivity (Wildman–Crippen MR) is 141 cm³/mol. The number of aromatic nitrogens is 3. The van der Waals surface area contributed by atoms with E-state index in [1.165, 1.54) is 43.3 Å². The number of ether oxygens (including phenoxy) is 1. The third kappa shape index (κ3) is 7.81. The number of hydrogen-bond acceptors (Lipinski definition) is 5. The first kappa shape index (κ1) is 26.7. The zero-order valence-corrected chi connectivity index (χ0v) is 21.8. The number of benzene rings is 2. The van der Waals surface area contributed by atoms with Gasteiger partial charge in [0.1, 0.15) is 22.5 Å². The van der Waals surface area contributed by atoms with E-state index in [2.05, 4.69) is 37.9 Å². The Balaban J connectivity index is 1.59. The van der Waals surface area contributed by atoms with Crippen molar-refractivity contribution in [3.05, 3.63) is 47.5 Å². The Labute approximate surface area is 209 Å². The van der Waals surface area contributed by atoms with Gasteiger partial charge < -0.3 is 9.84 Å². The molecule has 0 bridgehead atoms. The first-order valence-corrected chi connectivity index (χ1v) is 13.1. The molecule has 6 heteroatoms. The predicted octanol–water partition coefficient (Wildman–Crippen LogP) is 7.04. The number of unbranched alkanes of at least 4 members (excludes halogenated alkanes) is 7. The monoisotopic (exact) mass is 479 g/mol. The van der Waals surface area contributed by atoms with E-state index < -0.39 is 0 Å². The first-order chi connectivity index (χ1) is 16.8. The van der Waals surface area contributed by atoms with Gasteiger partial charge in [-0.3, -0.25) is 4.79 Å². The lowest BCUT2D eigenvalue weighted by atomic mass is 9.84. The van der Waals surface area contributed by atoms with Gasteiger partial charge in [0.15, 0.2) is 0 Å². The Kier molecular flexibility index (Phi) is 9.70. The van der Waals surface area contributed by atoms with Crippen molar-refractivity contribution in [3.63, 3.8) is 0 Å². The van der Waals surface area contributed by atoms with Crippen molar-refractivity contribution in [3.8, 4) is 11.4 Å². The van der Waals surface area contributed by atoms with Crippen LogP contribution in [0.1, 0.15) is 96.6 Å². The topological polar surface area (TPSA) is 77.2 Å². The molecule has 6 nitrogen and oxygen atoms in total. The maximum absolute atomic E-state index is 12.3. The molecule has 0 spiro atoms. The molecule has 0 radical (unpaired) electrons. The Bertz CT molecular complexity index is 1070. The number of esters is 1. The van der Waals surface area contributed by atoms with Crippen LogP contribution in [0.3, 0.4) is 0 Å². The van der Waals surface area contributed by atoms with E-state index in [4.69, 9.17) is 4.74 Å². The number of aryl methyl sites for hydroxylation is 1. The summed E-state index contributed by atoms with van der Waals surface area (Å²) >= 11 is 0. The fraction of sp³-hybridized carbons (Fsp3) is 0.552. The number of nitrogens with zero attached hydrogens (tertiary/aromatic N) is 3. The lowest BCUT2D eigenvalue weighted by molar-refractivity contribution is -0.143. The van der Waals surface area contributed by atoms with Crippen molar-refractivity contribution >= 4 is 17.0 Å². The van der Waals surface area contributed by atoms with Crippen molar-refractivity contribution < 1.29 is 14.6 Å². The molecule has 0 aliphatic rings. The van der Waals surface area contributed by atoms with Crippen LogP contribution in [-0.2, 0) is 21.4 Å². The third-order valence-electron chi connectivity index (χ3n) is 6.34. The maximum atomic E-state index is 12.3. The van der Waals surface area contributed by atoms with E-state index in [-0.39, 0.29) is 17.1 Å². The largest absolute Gasteiger partial charge is 0.505 e. The van der Waals surface area contributed by atoms with Gasteiger partial charge >= 0.3 is 5.97 Å². The molecule has 0 saturated heterocycles. The van der Waals surface area contributed by atoms with Crippen LogP contribution in [0, 0.1) is 0 Å². The van der Waals surface area contributed by atoms with Crippen LogP contribution in [0.2, 0.25) is 0 Å². The molecule has 1 aromatic heterocycles. The Morgan fingerprint density at radius 3 is 2.14 bits per heavy atom. The van der Waals surface area contributed by atoms with E-state index >= 15 is 0 Å². The summed E-state index contributed by atoms with van der Waals surface area (Å²) in [6.45, 7) is 8.89. The number of aromatic hydroxyl groups is 1. The molecule has 3 rings (SSSR count). The molecule has 2 aromatic carbocycles. The average molecular weight is 480 g/mol. The molecule has 0 atom stereocenters. The maximum Gasteiger partial charge on any atom is 0.306 e. The molecule has 0 aliphatic heterocycles. The van der Waals surface area contributed by atoms with Crippen LogP contribution in [0.5, 0.6) is 5.75 Å². The highest BCUT2D eigenvalue weighted by atomic mass is 16.5. The molecule has 0 unspecified atom stereocenters. The molecule has 0 aliphatic carbocycles. The van der Waals surface area contributed by atoms with E-state index in [1.807, 2.05) is 36.4 Å². The second-order valence-electron chi connectivity index (χ2n) is 10.4. The SMILES string of the molecule is CCCCCCCCCCOC(=O)CCc1cc(-n2nc3ccccc3n2)c(O)c(C(C)(C)C)c1. The number of phenolic OH excluding ortho intramolecular Hbond substituents is 1. The summed E-state index contributed by atoms with van der Waals surface area (Å²) in [6.07, 6.45) is 10.6. The summed E-state index contributed by atoms with van der Waals surface area (Å²) in [5.41, 5.74) is 3.53. The third-order valence-corrected chi connectivity index (χ3v) is 6.34. The van der Waals surface area contributed by atoms with E-state index in [1.54, 1.807) is 0 Å². The zero-order valence-electron chi connectivity index (χ0n) is 21.8. The summed E-state index contributed by atoms with van der Waals surface area (Å²) in [6, 6.07) is 11.5. The summed E-state index contributed by atoms with van der Waals surface area (Å²) in [4.78, 5) is 13.8. The molecule has 0 amide bonds. The van der Waals surface area contributed by atoms with Gasteiger partial charge in [0.05, 0.1) is 6.61 Å². The lowest BCUT2D eigenvalue weighted by Gasteiger charge is -2.23. The number of rotatable bonds is 13. The fourth-order valence-electron chi connectivity index (χ4n) is 4.25. The van der Waals surface area contributed by atoms with Gasteiger partial charge in [0.25, 0.3) is 0 Å². The number of phenols is 1. The van der Waals surface area contributed by atoms with Crippen LogP contribution in [0.25, 0.3) is 16.7 Å². The Morgan fingerprint density at radius 2 is 1.54 bits per heavy atom. The van der Waals surface area contributed by atoms with Gasteiger partial charge in [-0.05, 0) is 42.0 Å². The number of carbonyl (C=O) groups is 1. The standard InChI is InChI=1S/C29H41N3O3/c1-5-6-7-8-9-10-11-14-19-35-27(33)18-17-22-20-23(29(2,3)4)28(34)26(21-22)32-30-24-15-12-13-16-25(24)31-32/h12-13,15-16,20-21,34H,5-11,14,17-19H2,1-4H3. The van der Waals surface area contributed by atoms with Crippen molar-refractivity contribution in [1.29, 1.82) is 0 Å². The summed E-state index contributed by atoms with van der Waals surface area (Å²) < 4.78 is 5.47. The van der Waals surface area contributed by atoms with Gasteiger partial charge in [0, 0.05) is 12.0 Å². The quantitative estimate of drug-likeness (QED) is 0.210. The molecule has 1 N–H and O–H groups in total. The van der Waals surface area contributed by atoms with Gasteiger partial charge in [0.2, 0.25) is 0 Å². The Morgan fingerprint density at radius 1 is 0.943 bits per heavy atom. The van der Waals surface area contributed by atoms with Gasteiger partial charge in [-0.2, -0.15) is 0 Å². The van der Waals surface area contributed by atoms with Crippen LogP contribution >= 0.6 is 0 Å². The minimum absolute atomic E-state index is 0.166. The number of hydrogen-bond donors (Lipinski definition) is 1. The zero-order chi connectivity index (χ0) is 25.3. The van der Waals surface area contributed by atoms with Gasteiger partial charge in [-0.25, -0.2) is 0 Å². The van der Waals surface area contributed by atoms with Gasteiger partial charge in [-0.15, -0.1) is 15.0 Å². The van der Waals surface area contributed by atoms with Crippen LogP contribution in [0.4, 0.5) is 0 Å². The molecular formula is C29H41N3O3. The van der Waals surface area contributed by atoms with Crippen LogP contribution in [-0.4, -0.2) is 32.7 Å². The van der Waals surface area contributed by atoms with Crippen molar-refractivity contribution in [2.45, 2.75) is 97.3 Å². The highest BCUT2D eigenvalue weighted by Crippen LogP contribution is 2.36. The fourth-order valence-corrected chi connectivity index (χ4v) is 4.25. The Hall–Kier alpha value is -2.89. The molecule has 0 saturated carbocycles. The first-order valence-electron chi connectivity index (χ1n) is 13.1. The minimum atomic E-state index is -0.279. The second kappa shape index (κ2) is 12.7. The smallest absolute Gasteiger partial charge is 0.306 e. The highest BCUT2D eigenvalue weighted by molar-refractivity contribution is 5.74. The van der Waals surface area contributed by atoms with Crippen molar-refractivity contribution in [2.24, 2.45) is 0 Å². The summed E-state index contributed by atoms with van der Waals surface area (Å²) in [5, 5.41) is 20.1. The van der Waals surface area contributed by atoms with E-state index in [0.717, 1.165) is 35.0 Å². The van der Waals surface area contributed by atoms with Gasteiger partial charge in [-0.1, -0.05) is 90.8 Å². The molecule has 35 heavy (non-hydrogen) atoms. The molecule has 190 valence electrons. The minimum Gasteiger partial charge on any atom is -0.505 e. The summed E-state index contributed by atoms with van der Waals surface area (Å²) in [7, 11) is 0. The normalized spacial score (nSPS) is 11.8. The van der Waals surface area contributed by atoms with Crippen molar-refractivity contribution in [1.82, 2.24) is 15.0 Å². The summed E-state index contributed by atoms with van der Waals surface area (Å²) in [5.74, 6) is -0.0124. The molecule has 3 aromatic rings. The van der Waals surface area contributed by atoms with Crippen LogP contribution < -0.4 is 0 Å². The lowest BCUT2D eigenvalue weighted by Crippen LogP contribution is -2.14. The number of carbonyl (C=O) groups excluding carboxylic acids is 1. The average Bonchev–Trinajstić information content (AvgIpc) is 3.25.